The minimum Gasteiger partial charge on any atom is -0.342 e. The van der Waals surface area contributed by atoms with Gasteiger partial charge in [-0.05, 0) is 40.6 Å². The molecule has 0 atom stereocenters. The zero-order valence-electron chi connectivity index (χ0n) is 12.2. The lowest BCUT2D eigenvalue weighted by Crippen LogP contribution is -1.99. The van der Waals surface area contributed by atoms with Crippen molar-refractivity contribution in [2.75, 3.05) is 0 Å². The van der Waals surface area contributed by atoms with Crippen LogP contribution in [-0.4, -0.2) is 9.55 Å². The third-order valence-corrected chi connectivity index (χ3v) is 4.08. The minimum absolute atomic E-state index is 0.847. The number of benzene rings is 2. The summed E-state index contributed by atoms with van der Waals surface area (Å²) in [4.78, 5) is 4.58. The second kappa shape index (κ2) is 5.15. The molecule has 4 aromatic rings. The molecule has 0 unspecified atom stereocenters. The van der Waals surface area contributed by atoms with Crippen molar-refractivity contribution in [2.24, 2.45) is 0 Å². The molecule has 0 aliphatic rings. The lowest BCUT2D eigenvalue weighted by Gasteiger charge is -2.09. The lowest BCUT2D eigenvalue weighted by atomic mass is 10.0. The van der Waals surface area contributed by atoms with Gasteiger partial charge in [0.05, 0.1) is 16.7 Å². The van der Waals surface area contributed by atoms with Crippen LogP contribution in [-0.2, 0) is 6.54 Å². The Morgan fingerprint density at radius 1 is 0.955 bits per heavy atom. The molecule has 0 saturated carbocycles. The third-order valence-electron chi connectivity index (χ3n) is 4.08. The van der Waals surface area contributed by atoms with Gasteiger partial charge in [0.25, 0.3) is 0 Å². The van der Waals surface area contributed by atoms with Crippen LogP contribution in [0.4, 0.5) is 0 Å². The maximum atomic E-state index is 4.58. The molecule has 0 aliphatic carbocycles. The fourth-order valence-corrected chi connectivity index (χ4v) is 2.96. The number of pyridine rings is 1. The first-order valence-electron chi connectivity index (χ1n) is 7.40. The van der Waals surface area contributed by atoms with E-state index in [0.29, 0.717) is 0 Å². The van der Waals surface area contributed by atoms with Gasteiger partial charge in [0.2, 0.25) is 0 Å². The van der Waals surface area contributed by atoms with Gasteiger partial charge in [-0.2, -0.15) is 0 Å². The van der Waals surface area contributed by atoms with Crippen molar-refractivity contribution < 1.29 is 0 Å². The number of aromatic nitrogens is 2. The van der Waals surface area contributed by atoms with Gasteiger partial charge in [-0.15, -0.1) is 0 Å². The van der Waals surface area contributed by atoms with Crippen LogP contribution < -0.4 is 0 Å². The van der Waals surface area contributed by atoms with Crippen molar-refractivity contribution in [3.63, 3.8) is 0 Å². The molecule has 0 bridgehead atoms. The van der Waals surface area contributed by atoms with Crippen molar-refractivity contribution in [3.8, 4) is 0 Å². The van der Waals surface area contributed by atoms with E-state index in [1.165, 1.54) is 16.3 Å². The number of nitrogens with zero attached hydrogens (tertiary/aromatic N) is 2. The number of hydrogen-bond donors (Lipinski definition) is 0. The average molecular weight is 284 g/mol. The summed E-state index contributed by atoms with van der Waals surface area (Å²) < 4.78 is 2.25. The van der Waals surface area contributed by atoms with Crippen LogP contribution in [0.25, 0.3) is 27.9 Å². The summed E-state index contributed by atoms with van der Waals surface area (Å²) in [5, 5.41) is 2.59. The first-order valence-corrected chi connectivity index (χ1v) is 7.40. The Morgan fingerprint density at radius 3 is 2.73 bits per heavy atom. The highest BCUT2D eigenvalue weighted by atomic mass is 15.0. The highest BCUT2D eigenvalue weighted by molar-refractivity contribution is 5.86. The van der Waals surface area contributed by atoms with Gasteiger partial charge in [-0.3, -0.25) is 0 Å². The van der Waals surface area contributed by atoms with Crippen LogP contribution >= 0.6 is 0 Å². The Labute approximate surface area is 129 Å². The highest BCUT2D eigenvalue weighted by Gasteiger charge is 2.05. The molecule has 4 rings (SSSR count). The van der Waals surface area contributed by atoms with Gasteiger partial charge in [0, 0.05) is 12.7 Å². The molecule has 0 amide bonds. The van der Waals surface area contributed by atoms with Crippen LogP contribution in [0.15, 0.2) is 73.4 Å². The Morgan fingerprint density at radius 2 is 1.82 bits per heavy atom. The maximum absolute atomic E-state index is 4.58. The fraction of sp³-hybridized carbons (Fsp3) is 0.0500. The van der Waals surface area contributed by atoms with Crippen molar-refractivity contribution in [2.45, 2.75) is 6.54 Å². The largest absolute Gasteiger partial charge is 0.342 e. The van der Waals surface area contributed by atoms with Gasteiger partial charge in [0.1, 0.15) is 0 Å². The molecule has 0 saturated heterocycles. The van der Waals surface area contributed by atoms with E-state index in [-0.39, 0.29) is 0 Å². The van der Waals surface area contributed by atoms with E-state index in [0.717, 1.165) is 23.3 Å². The summed E-state index contributed by atoms with van der Waals surface area (Å²) in [5.74, 6) is 0. The van der Waals surface area contributed by atoms with Crippen molar-refractivity contribution in [1.29, 1.82) is 0 Å². The van der Waals surface area contributed by atoms with E-state index in [4.69, 9.17) is 0 Å². The Bertz CT molecular complexity index is 974. The van der Waals surface area contributed by atoms with E-state index in [1.807, 2.05) is 6.07 Å². The molecule has 0 radical (unpaired) electrons. The SMILES string of the molecule is C=Cc1ccc2c(ccn2Cc2cccc3ccccc23)n1. The zero-order chi connectivity index (χ0) is 14.9. The Kier molecular flexibility index (Phi) is 3.01. The standard InChI is InChI=1S/C20H16N2/c1-2-17-10-11-20-19(21-17)12-13-22(20)14-16-8-5-7-15-6-3-4-9-18(15)16/h2-13H,1,14H2. The second-order valence-corrected chi connectivity index (χ2v) is 5.43. The van der Waals surface area contributed by atoms with Gasteiger partial charge in [-0.1, -0.05) is 49.0 Å². The smallest absolute Gasteiger partial charge is 0.0888 e. The summed E-state index contributed by atoms with van der Waals surface area (Å²) in [6.07, 6.45) is 3.88. The molecule has 0 aliphatic heterocycles. The van der Waals surface area contributed by atoms with Crippen LogP contribution in [0.1, 0.15) is 11.3 Å². The van der Waals surface area contributed by atoms with Crippen LogP contribution in [0, 0.1) is 0 Å². The lowest BCUT2D eigenvalue weighted by molar-refractivity contribution is 0.842. The Balaban J connectivity index is 1.81. The molecule has 2 heterocycles. The summed E-state index contributed by atoms with van der Waals surface area (Å²) >= 11 is 0. The van der Waals surface area contributed by atoms with Crippen LogP contribution in [0.3, 0.4) is 0 Å². The van der Waals surface area contributed by atoms with Crippen LogP contribution in [0.5, 0.6) is 0 Å². The average Bonchev–Trinajstić information content (AvgIpc) is 2.97. The third kappa shape index (κ3) is 2.09. The van der Waals surface area contributed by atoms with E-state index in [2.05, 4.69) is 76.9 Å². The molecule has 106 valence electrons. The number of fused-ring (bicyclic) bond motifs is 2. The van der Waals surface area contributed by atoms with Crippen molar-refractivity contribution >= 4 is 27.9 Å². The molecule has 2 aromatic carbocycles. The van der Waals surface area contributed by atoms with Crippen molar-refractivity contribution in [1.82, 2.24) is 9.55 Å². The van der Waals surface area contributed by atoms with Crippen LogP contribution in [0.2, 0.25) is 0 Å². The predicted octanol–water partition coefficient (Wildman–Crippen LogP) is 4.88. The molecule has 2 heteroatoms. The summed E-state index contributed by atoms with van der Waals surface area (Å²) in [5.41, 5.74) is 4.40. The topological polar surface area (TPSA) is 17.8 Å². The monoisotopic (exact) mass is 284 g/mol. The molecule has 0 spiro atoms. The van der Waals surface area contributed by atoms with Gasteiger partial charge >= 0.3 is 0 Å². The summed E-state index contributed by atoms with van der Waals surface area (Å²) in [6, 6.07) is 21.2. The Hall–Kier alpha value is -2.87. The first kappa shape index (κ1) is 12.8. The van der Waals surface area contributed by atoms with E-state index in [9.17, 15) is 0 Å². The maximum Gasteiger partial charge on any atom is 0.0888 e. The van der Waals surface area contributed by atoms with Crippen molar-refractivity contribution in [3.05, 3.63) is 84.7 Å². The van der Waals surface area contributed by atoms with Gasteiger partial charge in [0.15, 0.2) is 0 Å². The highest BCUT2D eigenvalue weighted by Crippen LogP contribution is 2.22. The number of hydrogen-bond acceptors (Lipinski definition) is 1. The minimum atomic E-state index is 0.847. The number of rotatable bonds is 3. The molecule has 0 N–H and O–H groups in total. The molecular formula is C20H16N2. The zero-order valence-corrected chi connectivity index (χ0v) is 12.2. The summed E-state index contributed by atoms with van der Waals surface area (Å²) in [6.45, 7) is 4.62. The molecular weight excluding hydrogens is 268 g/mol. The summed E-state index contributed by atoms with van der Waals surface area (Å²) in [7, 11) is 0. The normalized spacial score (nSPS) is 11.1. The van der Waals surface area contributed by atoms with E-state index < -0.39 is 0 Å². The fourth-order valence-electron chi connectivity index (χ4n) is 2.96. The first-order chi connectivity index (χ1) is 10.8. The van der Waals surface area contributed by atoms with Gasteiger partial charge < -0.3 is 4.57 Å². The quantitative estimate of drug-likeness (QED) is 0.524. The van der Waals surface area contributed by atoms with E-state index >= 15 is 0 Å². The predicted molar refractivity (Wildman–Crippen MR) is 92.9 cm³/mol. The molecule has 2 aromatic heterocycles. The second-order valence-electron chi connectivity index (χ2n) is 5.43. The van der Waals surface area contributed by atoms with Gasteiger partial charge in [-0.25, -0.2) is 4.98 Å². The molecule has 2 nitrogen and oxygen atoms in total. The molecule has 22 heavy (non-hydrogen) atoms. The molecule has 0 fully saturated rings. The van der Waals surface area contributed by atoms with E-state index in [1.54, 1.807) is 6.08 Å².